The molecule has 7 nitrogen and oxygen atoms in total. The molecule has 180 valence electrons. The van der Waals surface area contributed by atoms with Crippen LogP contribution in [0.1, 0.15) is 11.1 Å². The molecule has 0 spiro atoms. The molecule has 4 aromatic rings. The minimum Gasteiger partial charge on any atom is -0.490 e. The van der Waals surface area contributed by atoms with Crippen LogP contribution >= 0.6 is 11.6 Å². The molecular weight excluding hydrogens is 486 g/mol. The Kier molecular flexibility index (Phi) is 6.17. The summed E-state index contributed by atoms with van der Waals surface area (Å²) >= 11 is 6.17. The zero-order chi connectivity index (χ0) is 24.6. The van der Waals surface area contributed by atoms with Gasteiger partial charge in [0.15, 0.2) is 11.6 Å². The lowest BCUT2D eigenvalue weighted by atomic mass is 10.1. The minimum absolute atomic E-state index is 0.0867. The summed E-state index contributed by atoms with van der Waals surface area (Å²) in [4.78, 5) is 6.61. The van der Waals surface area contributed by atoms with Crippen molar-refractivity contribution >= 4 is 43.9 Å². The zero-order valence-electron chi connectivity index (χ0n) is 19.3. The van der Waals surface area contributed by atoms with Crippen molar-refractivity contribution in [3.63, 3.8) is 0 Å². The molecule has 1 N–H and O–H groups in total. The smallest absolute Gasteiger partial charge is 0.263 e. The van der Waals surface area contributed by atoms with E-state index in [-0.39, 0.29) is 17.3 Å². The molecule has 9 heteroatoms. The van der Waals surface area contributed by atoms with Crippen molar-refractivity contribution < 1.29 is 17.9 Å². The topological polar surface area (TPSA) is 80.8 Å². The first-order chi connectivity index (χ1) is 16.8. The molecule has 3 aromatic carbocycles. The highest BCUT2D eigenvalue weighted by Crippen LogP contribution is 2.36. The first kappa shape index (κ1) is 23.3. The van der Waals surface area contributed by atoms with Crippen LogP contribution in [0.3, 0.4) is 0 Å². The van der Waals surface area contributed by atoms with Crippen molar-refractivity contribution in [2.75, 3.05) is 29.8 Å². The maximum Gasteiger partial charge on any atom is 0.263 e. The number of anilines is 2. The molecule has 35 heavy (non-hydrogen) atoms. The normalized spacial score (nSPS) is 13.3. The van der Waals surface area contributed by atoms with E-state index in [0.717, 1.165) is 34.3 Å². The van der Waals surface area contributed by atoms with Gasteiger partial charge in [-0.3, -0.25) is 4.72 Å². The first-order valence-electron chi connectivity index (χ1n) is 11.1. The average molecular weight is 510 g/mol. The number of benzene rings is 3. The van der Waals surface area contributed by atoms with Gasteiger partial charge in [-0.1, -0.05) is 48.0 Å². The summed E-state index contributed by atoms with van der Waals surface area (Å²) in [6, 6.07) is 18.2. The minimum atomic E-state index is -3.96. The highest BCUT2D eigenvalue weighted by Gasteiger charge is 2.22. The Morgan fingerprint density at radius 1 is 1.14 bits per heavy atom. The van der Waals surface area contributed by atoms with Gasteiger partial charge in [-0.2, -0.15) is 0 Å². The first-order valence-corrected chi connectivity index (χ1v) is 12.9. The van der Waals surface area contributed by atoms with Crippen molar-refractivity contribution in [1.82, 2.24) is 4.98 Å². The van der Waals surface area contributed by atoms with E-state index < -0.39 is 10.0 Å². The van der Waals surface area contributed by atoms with Crippen LogP contribution in [0.15, 0.2) is 71.8 Å². The number of likely N-dealkylation sites (N-methyl/N-ethyl adjacent to an activating group) is 1. The molecule has 0 amide bonds. The fourth-order valence-corrected chi connectivity index (χ4v) is 5.57. The zero-order valence-corrected chi connectivity index (χ0v) is 20.9. The van der Waals surface area contributed by atoms with Crippen LogP contribution in [-0.4, -0.2) is 33.6 Å². The van der Waals surface area contributed by atoms with Crippen LogP contribution in [0, 0.1) is 6.92 Å². The number of sulfonamides is 1. The van der Waals surface area contributed by atoms with Crippen molar-refractivity contribution in [1.29, 1.82) is 0 Å². The number of ether oxygens (including phenoxy) is 2. The lowest BCUT2D eigenvalue weighted by Crippen LogP contribution is -2.28. The lowest BCUT2D eigenvalue weighted by molar-refractivity contribution is 0.304. The van der Waals surface area contributed by atoms with E-state index in [2.05, 4.69) is 14.6 Å². The Morgan fingerprint density at radius 3 is 2.83 bits per heavy atom. The van der Waals surface area contributed by atoms with Crippen LogP contribution in [0.2, 0.25) is 5.02 Å². The summed E-state index contributed by atoms with van der Waals surface area (Å²) in [5.41, 5.74) is 2.38. The highest BCUT2D eigenvalue weighted by atomic mass is 35.5. The molecule has 0 unspecified atom stereocenters. The van der Waals surface area contributed by atoms with E-state index >= 15 is 0 Å². The molecular formula is C26H24ClN3O4S. The van der Waals surface area contributed by atoms with Gasteiger partial charge in [0.05, 0.1) is 17.1 Å². The molecule has 0 atom stereocenters. The number of fused-ring (bicyclic) bond motifs is 2. The van der Waals surface area contributed by atoms with Crippen LogP contribution in [-0.2, 0) is 16.6 Å². The Labute approximate surface area is 209 Å². The predicted molar refractivity (Wildman–Crippen MR) is 138 cm³/mol. The number of hydrogen-bond donors (Lipinski definition) is 1. The third kappa shape index (κ3) is 4.59. The summed E-state index contributed by atoms with van der Waals surface area (Å²) < 4.78 is 41.1. The third-order valence-electron chi connectivity index (χ3n) is 5.99. The number of halogens is 1. The van der Waals surface area contributed by atoms with Gasteiger partial charge in [-0.25, -0.2) is 13.4 Å². The number of nitrogens with one attached hydrogen (secondary N) is 1. The summed E-state index contributed by atoms with van der Waals surface area (Å²) in [5.74, 6) is 1.30. The van der Waals surface area contributed by atoms with Gasteiger partial charge >= 0.3 is 0 Å². The summed E-state index contributed by atoms with van der Waals surface area (Å²) in [6.07, 6.45) is 1.62. The number of rotatable bonds is 6. The largest absolute Gasteiger partial charge is 0.490 e. The van der Waals surface area contributed by atoms with Crippen molar-refractivity contribution in [3.05, 3.63) is 83.0 Å². The van der Waals surface area contributed by atoms with Crippen LogP contribution < -0.4 is 19.1 Å². The monoisotopic (exact) mass is 509 g/mol. The van der Waals surface area contributed by atoms with Crippen LogP contribution in [0.4, 0.5) is 11.5 Å². The van der Waals surface area contributed by atoms with E-state index in [9.17, 15) is 8.42 Å². The molecule has 2 heterocycles. The lowest BCUT2D eigenvalue weighted by Gasteiger charge is -2.28. The summed E-state index contributed by atoms with van der Waals surface area (Å²) in [7, 11) is -1.94. The van der Waals surface area contributed by atoms with E-state index in [0.29, 0.717) is 22.9 Å². The van der Waals surface area contributed by atoms with Gasteiger partial charge < -0.3 is 14.4 Å². The molecule has 0 saturated heterocycles. The Hall–Kier alpha value is -3.49. The fourth-order valence-electron chi connectivity index (χ4n) is 4.06. The van der Waals surface area contributed by atoms with E-state index in [1.807, 2.05) is 49.5 Å². The average Bonchev–Trinajstić information content (AvgIpc) is 2.85. The molecule has 1 aliphatic rings. The van der Waals surface area contributed by atoms with Gasteiger partial charge in [0, 0.05) is 29.0 Å². The maximum atomic E-state index is 13.2. The second-order valence-electron chi connectivity index (χ2n) is 8.35. The van der Waals surface area contributed by atoms with Crippen molar-refractivity contribution in [3.8, 4) is 11.5 Å². The van der Waals surface area contributed by atoms with E-state index in [4.69, 9.17) is 21.1 Å². The molecule has 0 bridgehead atoms. The SMILES string of the molecule is Cc1c(Cl)cccc1S(=O)(=O)Nc1ncc2ccccc2c1OCc1ccc2c(c1)N(C)CCO2. The Bertz CT molecular complexity index is 1520. The molecule has 0 aliphatic carbocycles. The van der Waals surface area contributed by atoms with Gasteiger partial charge in [-0.15, -0.1) is 0 Å². The molecule has 0 radical (unpaired) electrons. The Balaban J connectivity index is 1.50. The van der Waals surface area contributed by atoms with Crippen LogP contribution in [0.5, 0.6) is 11.5 Å². The summed E-state index contributed by atoms with van der Waals surface area (Å²) in [5, 5.41) is 1.96. The van der Waals surface area contributed by atoms with Gasteiger partial charge in [-0.05, 0) is 42.3 Å². The fraction of sp³-hybridized carbons (Fsp3) is 0.192. The molecule has 1 aliphatic heterocycles. The van der Waals surface area contributed by atoms with Crippen molar-refractivity contribution in [2.24, 2.45) is 0 Å². The van der Waals surface area contributed by atoms with E-state index in [1.165, 1.54) is 6.07 Å². The molecule has 0 saturated carbocycles. The van der Waals surface area contributed by atoms with Gasteiger partial charge in [0.25, 0.3) is 10.0 Å². The third-order valence-corrected chi connectivity index (χ3v) is 7.89. The van der Waals surface area contributed by atoms with Crippen LogP contribution in [0.25, 0.3) is 10.8 Å². The highest BCUT2D eigenvalue weighted by molar-refractivity contribution is 7.92. The van der Waals surface area contributed by atoms with Gasteiger partial charge in [0.1, 0.15) is 19.0 Å². The Morgan fingerprint density at radius 2 is 1.97 bits per heavy atom. The van der Waals surface area contributed by atoms with Gasteiger partial charge in [0.2, 0.25) is 0 Å². The number of nitrogens with zero attached hydrogens (tertiary/aromatic N) is 2. The number of pyridine rings is 1. The standard InChI is InChI=1S/C26H24ClN3O4S/c1-17-21(27)8-5-9-24(17)35(31,32)29-26-25(20-7-4-3-6-19(20)15-28-26)34-16-18-10-11-23-22(14-18)30(2)12-13-33-23/h3-11,14-15H,12-13,16H2,1-2H3,(H,28,29). The number of hydrogen-bond acceptors (Lipinski definition) is 6. The summed E-state index contributed by atoms with van der Waals surface area (Å²) in [6.45, 7) is 3.34. The number of aromatic nitrogens is 1. The second kappa shape index (κ2) is 9.28. The van der Waals surface area contributed by atoms with Crippen molar-refractivity contribution in [2.45, 2.75) is 18.4 Å². The maximum absolute atomic E-state index is 13.2. The molecule has 0 fully saturated rings. The van der Waals surface area contributed by atoms with E-state index in [1.54, 1.807) is 25.3 Å². The molecule has 5 rings (SSSR count). The quantitative estimate of drug-likeness (QED) is 0.374. The molecule has 1 aromatic heterocycles. The second-order valence-corrected chi connectivity index (χ2v) is 10.4. The predicted octanol–water partition coefficient (Wildman–Crippen LogP) is 5.41.